The van der Waals surface area contributed by atoms with Gasteiger partial charge in [-0.1, -0.05) is 23.2 Å². The van der Waals surface area contributed by atoms with Crippen molar-refractivity contribution in [1.82, 2.24) is 4.90 Å². The molecule has 0 radical (unpaired) electrons. The van der Waals surface area contributed by atoms with E-state index in [0.29, 0.717) is 22.3 Å². The Morgan fingerprint density at radius 2 is 2.28 bits per heavy atom. The van der Waals surface area contributed by atoms with Gasteiger partial charge in [-0.05, 0) is 31.0 Å². The molecule has 18 heavy (non-hydrogen) atoms. The van der Waals surface area contributed by atoms with E-state index in [1.807, 2.05) is 0 Å². The lowest BCUT2D eigenvalue weighted by Gasteiger charge is -2.23. The minimum absolute atomic E-state index is 0.0172. The molecule has 2 amide bonds. The Morgan fingerprint density at radius 3 is 3.00 bits per heavy atom. The van der Waals surface area contributed by atoms with Gasteiger partial charge in [0.1, 0.15) is 0 Å². The average molecular weight is 289 g/mol. The van der Waals surface area contributed by atoms with Crippen LogP contribution in [-0.2, 0) is 0 Å². The summed E-state index contributed by atoms with van der Waals surface area (Å²) in [5.41, 5.74) is 0.484. The first-order valence-electron chi connectivity index (χ1n) is 5.75. The van der Waals surface area contributed by atoms with Gasteiger partial charge in [0.25, 0.3) is 0 Å². The van der Waals surface area contributed by atoms with Gasteiger partial charge in [0, 0.05) is 11.6 Å². The van der Waals surface area contributed by atoms with E-state index < -0.39 is 0 Å². The third-order valence-corrected chi connectivity index (χ3v) is 3.58. The van der Waals surface area contributed by atoms with Crippen LogP contribution in [0.4, 0.5) is 10.5 Å². The number of nitrogens with one attached hydrogen (secondary N) is 1. The fourth-order valence-electron chi connectivity index (χ4n) is 2.07. The van der Waals surface area contributed by atoms with Crippen molar-refractivity contribution in [2.45, 2.75) is 18.9 Å². The van der Waals surface area contributed by atoms with Crippen molar-refractivity contribution in [2.24, 2.45) is 0 Å². The number of carbonyl (C=O) groups excluding carboxylic acids is 1. The molecule has 1 atom stereocenters. The second kappa shape index (κ2) is 5.78. The maximum atomic E-state index is 12.0. The molecule has 0 spiro atoms. The van der Waals surface area contributed by atoms with Gasteiger partial charge in [-0.2, -0.15) is 0 Å². The zero-order valence-electron chi connectivity index (χ0n) is 9.70. The summed E-state index contributed by atoms with van der Waals surface area (Å²) in [6.45, 7) is 0.631. The molecule has 1 aromatic rings. The smallest absolute Gasteiger partial charge is 0.322 e. The van der Waals surface area contributed by atoms with Crippen molar-refractivity contribution >= 4 is 34.9 Å². The molecule has 0 aliphatic carbocycles. The Labute approximate surface area is 115 Å². The lowest BCUT2D eigenvalue weighted by molar-refractivity contribution is 0.166. The summed E-state index contributed by atoms with van der Waals surface area (Å²) >= 11 is 11.8. The van der Waals surface area contributed by atoms with Crippen LogP contribution in [-0.4, -0.2) is 35.2 Å². The van der Waals surface area contributed by atoms with Crippen LogP contribution in [0.15, 0.2) is 18.2 Å². The van der Waals surface area contributed by atoms with Crippen LogP contribution >= 0.6 is 23.2 Å². The molecule has 0 aromatic heterocycles. The molecule has 2 N–H and O–H groups in total. The number of rotatable bonds is 2. The van der Waals surface area contributed by atoms with E-state index in [-0.39, 0.29) is 18.7 Å². The van der Waals surface area contributed by atoms with Gasteiger partial charge in [-0.3, -0.25) is 0 Å². The fourth-order valence-corrected chi connectivity index (χ4v) is 2.41. The van der Waals surface area contributed by atoms with Gasteiger partial charge in [0.05, 0.1) is 23.4 Å². The average Bonchev–Trinajstić information content (AvgIpc) is 2.82. The summed E-state index contributed by atoms with van der Waals surface area (Å²) in [4.78, 5) is 13.7. The SMILES string of the molecule is O=C(Nc1cc(Cl)ccc1Cl)N1CCCC1CO. The number of aliphatic hydroxyl groups is 1. The van der Waals surface area contributed by atoms with E-state index in [1.165, 1.54) is 0 Å². The Hall–Kier alpha value is -0.970. The number of urea groups is 1. The predicted octanol–water partition coefficient (Wildman–Crippen LogP) is 2.98. The third kappa shape index (κ3) is 2.88. The summed E-state index contributed by atoms with van der Waals surface area (Å²) < 4.78 is 0. The Morgan fingerprint density at radius 1 is 1.50 bits per heavy atom. The lowest BCUT2D eigenvalue weighted by Crippen LogP contribution is -2.40. The van der Waals surface area contributed by atoms with E-state index in [0.717, 1.165) is 12.8 Å². The number of aliphatic hydroxyl groups excluding tert-OH is 1. The van der Waals surface area contributed by atoms with Crippen LogP contribution in [0.25, 0.3) is 0 Å². The summed E-state index contributed by atoms with van der Waals surface area (Å²) in [6, 6.07) is 4.53. The molecule has 1 aliphatic heterocycles. The number of carbonyl (C=O) groups is 1. The molecule has 1 aliphatic rings. The molecule has 1 fully saturated rings. The van der Waals surface area contributed by atoms with Crippen LogP contribution in [0.1, 0.15) is 12.8 Å². The molecule has 1 saturated heterocycles. The number of benzene rings is 1. The first-order valence-corrected chi connectivity index (χ1v) is 6.51. The summed E-state index contributed by atoms with van der Waals surface area (Å²) in [5, 5.41) is 12.8. The second-order valence-corrected chi connectivity index (χ2v) is 5.07. The van der Waals surface area contributed by atoms with Crippen LogP contribution in [0.2, 0.25) is 10.0 Å². The fraction of sp³-hybridized carbons (Fsp3) is 0.417. The van der Waals surface area contributed by atoms with Crippen LogP contribution < -0.4 is 5.32 Å². The monoisotopic (exact) mass is 288 g/mol. The van der Waals surface area contributed by atoms with Crippen LogP contribution in [0.5, 0.6) is 0 Å². The normalized spacial score (nSPS) is 19.1. The molecule has 1 unspecified atom stereocenters. The quantitative estimate of drug-likeness (QED) is 0.879. The van der Waals surface area contributed by atoms with Crippen molar-refractivity contribution in [3.8, 4) is 0 Å². The number of hydrogen-bond donors (Lipinski definition) is 2. The number of halogens is 2. The van der Waals surface area contributed by atoms with E-state index in [9.17, 15) is 9.90 Å². The highest BCUT2D eigenvalue weighted by atomic mass is 35.5. The molecule has 0 bridgehead atoms. The minimum atomic E-state index is -0.254. The van der Waals surface area contributed by atoms with Gasteiger partial charge in [0.2, 0.25) is 0 Å². The maximum Gasteiger partial charge on any atom is 0.322 e. The van der Waals surface area contributed by atoms with Gasteiger partial charge in [-0.25, -0.2) is 4.79 Å². The molecular weight excluding hydrogens is 275 g/mol. The number of nitrogens with zero attached hydrogens (tertiary/aromatic N) is 1. The number of likely N-dealkylation sites (tertiary alicyclic amines) is 1. The van der Waals surface area contributed by atoms with Crippen molar-refractivity contribution in [2.75, 3.05) is 18.5 Å². The van der Waals surface area contributed by atoms with Crippen molar-refractivity contribution in [3.63, 3.8) is 0 Å². The van der Waals surface area contributed by atoms with E-state index in [2.05, 4.69) is 5.32 Å². The second-order valence-electron chi connectivity index (χ2n) is 4.23. The van der Waals surface area contributed by atoms with E-state index in [1.54, 1.807) is 23.1 Å². The predicted molar refractivity (Wildman–Crippen MR) is 72.3 cm³/mol. The van der Waals surface area contributed by atoms with Gasteiger partial charge >= 0.3 is 6.03 Å². The summed E-state index contributed by atoms with van der Waals surface area (Å²) in [6.07, 6.45) is 1.73. The molecular formula is C12H14Cl2N2O2. The highest BCUT2D eigenvalue weighted by Crippen LogP contribution is 2.26. The molecule has 2 rings (SSSR count). The maximum absolute atomic E-state index is 12.0. The molecule has 0 saturated carbocycles. The highest BCUT2D eigenvalue weighted by Gasteiger charge is 2.28. The van der Waals surface area contributed by atoms with Crippen LogP contribution in [0.3, 0.4) is 0 Å². The topological polar surface area (TPSA) is 52.6 Å². The van der Waals surface area contributed by atoms with E-state index in [4.69, 9.17) is 23.2 Å². The first-order chi connectivity index (χ1) is 8.61. The standard InChI is InChI=1S/C12H14Cl2N2O2/c13-8-3-4-10(14)11(6-8)15-12(18)16-5-1-2-9(16)7-17/h3-4,6,9,17H,1-2,5,7H2,(H,15,18). The number of anilines is 1. The third-order valence-electron chi connectivity index (χ3n) is 3.02. The Balaban J connectivity index is 2.09. The lowest BCUT2D eigenvalue weighted by atomic mass is 10.2. The molecule has 6 heteroatoms. The van der Waals surface area contributed by atoms with Crippen molar-refractivity contribution < 1.29 is 9.90 Å². The summed E-state index contributed by atoms with van der Waals surface area (Å²) in [7, 11) is 0. The number of hydrogen-bond acceptors (Lipinski definition) is 2. The molecule has 98 valence electrons. The minimum Gasteiger partial charge on any atom is -0.394 e. The highest BCUT2D eigenvalue weighted by molar-refractivity contribution is 6.35. The Kier molecular flexibility index (Phi) is 4.32. The van der Waals surface area contributed by atoms with Crippen molar-refractivity contribution in [1.29, 1.82) is 0 Å². The van der Waals surface area contributed by atoms with Gasteiger partial charge < -0.3 is 15.3 Å². The largest absolute Gasteiger partial charge is 0.394 e. The first kappa shape index (κ1) is 13.5. The van der Waals surface area contributed by atoms with Gasteiger partial charge in [0.15, 0.2) is 0 Å². The van der Waals surface area contributed by atoms with Gasteiger partial charge in [-0.15, -0.1) is 0 Å². The van der Waals surface area contributed by atoms with Crippen LogP contribution in [0, 0.1) is 0 Å². The molecule has 1 heterocycles. The molecule has 1 aromatic carbocycles. The zero-order chi connectivity index (χ0) is 13.1. The summed E-state index contributed by atoms with van der Waals surface area (Å²) in [5.74, 6) is 0. The van der Waals surface area contributed by atoms with Crippen molar-refractivity contribution in [3.05, 3.63) is 28.2 Å². The van der Waals surface area contributed by atoms with E-state index >= 15 is 0 Å². The molecule has 4 nitrogen and oxygen atoms in total. The zero-order valence-corrected chi connectivity index (χ0v) is 11.2. The Bertz CT molecular complexity index is 454. The number of amides is 2.